The zero-order valence-corrected chi connectivity index (χ0v) is 7.80. The first-order valence-corrected chi connectivity index (χ1v) is 3.94. The van der Waals surface area contributed by atoms with Gasteiger partial charge in [-0.3, -0.25) is 0 Å². The van der Waals surface area contributed by atoms with Gasteiger partial charge in [-0.1, -0.05) is 0 Å². The molecule has 0 aliphatic rings. The summed E-state index contributed by atoms with van der Waals surface area (Å²) in [6.45, 7) is 0.569. The van der Waals surface area contributed by atoms with Crippen LogP contribution in [-0.4, -0.2) is 35.7 Å². The second-order valence-electron chi connectivity index (χ2n) is 3.05. The fourth-order valence-electron chi connectivity index (χ4n) is 0.788. The lowest BCUT2D eigenvalue weighted by atomic mass is 10.4. The van der Waals surface area contributed by atoms with E-state index in [0.717, 1.165) is 0 Å². The molecule has 0 bridgehead atoms. The minimum Gasteiger partial charge on any atom is -0.417 e. The molecule has 0 aliphatic heterocycles. The van der Waals surface area contributed by atoms with E-state index in [2.05, 4.69) is 14.6 Å². The molecular formula is C7H10F3N3O. The molecule has 0 aromatic carbocycles. The van der Waals surface area contributed by atoms with E-state index in [9.17, 15) is 13.2 Å². The van der Waals surface area contributed by atoms with Crippen molar-refractivity contribution in [2.45, 2.75) is 12.6 Å². The van der Waals surface area contributed by atoms with Crippen molar-refractivity contribution >= 4 is 0 Å². The smallest absolute Gasteiger partial charge is 0.417 e. The molecule has 0 saturated heterocycles. The molecule has 0 unspecified atom stereocenters. The van der Waals surface area contributed by atoms with Gasteiger partial charge in [-0.15, -0.1) is 10.2 Å². The maximum atomic E-state index is 12.0. The predicted octanol–water partition coefficient (Wildman–Crippen LogP) is 1.19. The maximum absolute atomic E-state index is 12.0. The Morgan fingerprint density at radius 3 is 2.36 bits per heavy atom. The van der Waals surface area contributed by atoms with Gasteiger partial charge in [0.1, 0.15) is 0 Å². The summed E-state index contributed by atoms with van der Waals surface area (Å²) in [5.74, 6) is -1.28. The van der Waals surface area contributed by atoms with E-state index in [1.54, 1.807) is 14.1 Å². The number of nitrogens with zero attached hydrogens (tertiary/aromatic N) is 3. The number of halogens is 3. The van der Waals surface area contributed by atoms with Crippen LogP contribution in [0.1, 0.15) is 11.8 Å². The van der Waals surface area contributed by atoms with Crippen LogP contribution in [0.2, 0.25) is 0 Å². The number of alkyl halides is 3. The molecule has 0 spiro atoms. The van der Waals surface area contributed by atoms with Gasteiger partial charge in [0.25, 0.3) is 0 Å². The number of hydrogen-bond donors (Lipinski definition) is 0. The summed E-state index contributed by atoms with van der Waals surface area (Å²) in [5.41, 5.74) is 0. The average Bonchev–Trinajstić information content (AvgIpc) is 2.47. The van der Waals surface area contributed by atoms with Crippen LogP contribution in [0.4, 0.5) is 13.2 Å². The van der Waals surface area contributed by atoms with Gasteiger partial charge in [0.05, 0.1) is 0 Å². The summed E-state index contributed by atoms with van der Waals surface area (Å²) in [6.07, 6.45) is -4.24. The zero-order valence-electron chi connectivity index (χ0n) is 7.80. The molecule has 1 rings (SSSR count). The molecule has 7 heteroatoms. The highest BCUT2D eigenvalue weighted by molar-refractivity contribution is 4.86. The van der Waals surface area contributed by atoms with Gasteiger partial charge in [0.15, 0.2) is 0 Å². The predicted molar refractivity (Wildman–Crippen MR) is 41.6 cm³/mol. The van der Waals surface area contributed by atoms with Crippen molar-refractivity contribution in [3.8, 4) is 0 Å². The number of rotatable bonds is 3. The largest absolute Gasteiger partial charge is 0.470 e. The van der Waals surface area contributed by atoms with Crippen molar-refractivity contribution in [2.75, 3.05) is 20.6 Å². The van der Waals surface area contributed by atoms with Crippen LogP contribution in [0.25, 0.3) is 0 Å². The summed E-state index contributed by atoms with van der Waals surface area (Å²) < 4.78 is 40.4. The monoisotopic (exact) mass is 209 g/mol. The summed E-state index contributed by atoms with van der Waals surface area (Å²) in [4.78, 5) is 1.82. The normalized spacial score (nSPS) is 12.4. The Bertz CT molecular complexity index is 295. The van der Waals surface area contributed by atoms with Crippen LogP contribution in [0.3, 0.4) is 0 Å². The van der Waals surface area contributed by atoms with Gasteiger partial charge < -0.3 is 9.32 Å². The molecule has 0 amide bonds. The fraction of sp³-hybridized carbons (Fsp3) is 0.714. The minimum absolute atomic E-state index is 0.00558. The van der Waals surface area contributed by atoms with Crippen molar-refractivity contribution in [3.05, 3.63) is 11.8 Å². The van der Waals surface area contributed by atoms with Crippen LogP contribution in [-0.2, 0) is 12.6 Å². The van der Waals surface area contributed by atoms with Gasteiger partial charge in [-0.05, 0) is 14.1 Å². The van der Waals surface area contributed by atoms with Gasteiger partial charge in [0, 0.05) is 13.0 Å². The Hall–Kier alpha value is -1.11. The third-order valence-corrected chi connectivity index (χ3v) is 1.48. The highest BCUT2D eigenvalue weighted by Crippen LogP contribution is 2.27. The first-order chi connectivity index (χ1) is 6.39. The minimum atomic E-state index is -4.55. The molecular weight excluding hydrogens is 199 g/mol. The van der Waals surface area contributed by atoms with Gasteiger partial charge in [-0.2, -0.15) is 13.2 Å². The molecule has 1 aromatic rings. The third kappa shape index (κ3) is 2.99. The van der Waals surface area contributed by atoms with Crippen LogP contribution < -0.4 is 0 Å². The Morgan fingerprint density at radius 1 is 1.29 bits per heavy atom. The number of likely N-dealkylation sites (N-methyl/N-ethyl adjacent to an activating group) is 1. The quantitative estimate of drug-likeness (QED) is 0.749. The lowest BCUT2D eigenvalue weighted by Crippen LogP contribution is -2.15. The van der Waals surface area contributed by atoms with Crippen molar-refractivity contribution in [1.29, 1.82) is 0 Å². The Morgan fingerprint density at radius 2 is 1.93 bits per heavy atom. The Balaban J connectivity index is 2.60. The Kier molecular flexibility index (Phi) is 3.10. The number of aromatic nitrogens is 2. The van der Waals surface area contributed by atoms with E-state index in [4.69, 9.17) is 0 Å². The molecule has 0 saturated carbocycles. The molecule has 1 aromatic heterocycles. The van der Waals surface area contributed by atoms with E-state index in [1.807, 2.05) is 4.90 Å². The standard InChI is InChI=1S/C7H10F3N3O/c1-13(2)4-3-5-11-12-6(14-5)7(8,9)10/h3-4H2,1-2H3. The summed E-state index contributed by atoms with van der Waals surface area (Å²) >= 11 is 0. The van der Waals surface area contributed by atoms with Crippen molar-refractivity contribution in [2.24, 2.45) is 0 Å². The van der Waals surface area contributed by atoms with E-state index in [1.165, 1.54) is 0 Å². The molecule has 0 atom stereocenters. The van der Waals surface area contributed by atoms with Crippen molar-refractivity contribution in [1.82, 2.24) is 15.1 Å². The highest BCUT2D eigenvalue weighted by Gasteiger charge is 2.37. The second-order valence-corrected chi connectivity index (χ2v) is 3.05. The molecule has 80 valence electrons. The van der Waals surface area contributed by atoms with Crippen LogP contribution in [0.5, 0.6) is 0 Å². The van der Waals surface area contributed by atoms with Gasteiger partial charge in [-0.25, -0.2) is 0 Å². The fourth-order valence-corrected chi connectivity index (χ4v) is 0.788. The van der Waals surface area contributed by atoms with Crippen molar-refractivity contribution < 1.29 is 17.6 Å². The summed E-state index contributed by atoms with van der Waals surface area (Å²) in [7, 11) is 3.61. The van der Waals surface area contributed by atoms with Crippen molar-refractivity contribution in [3.63, 3.8) is 0 Å². The van der Waals surface area contributed by atoms with E-state index < -0.39 is 12.1 Å². The lowest BCUT2D eigenvalue weighted by Gasteiger charge is -2.05. The first kappa shape index (κ1) is 11.0. The highest BCUT2D eigenvalue weighted by atomic mass is 19.4. The SMILES string of the molecule is CN(C)CCc1nnc(C(F)(F)F)o1. The van der Waals surface area contributed by atoms with Gasteiger partial charge >= 0.3 is 12.1 Å². The average molecular weight is 209 g/mol. The molecule has 0 radical (unpaired) electrons. The molecule has 0 N–H and O–H groups in total. The molecule has 14 heavy (non-hydrogen) atoms. The van der Waals surface area contributed by atoms with Gasteiger partial charge in [0.2, 0.25) is 5.89 Å². The molecule has 0 fully saturated rings. The zero-order chi connectivity index (χ0) is 10.8. The summed E-state index contributed by atoms with van der Waals surface area (Å²) in [5, 5.41) is 6.20. The topological polar surface area (TPSA) is 42.2 Å². The third-order valence-electron chi connectivity index (χ3n) is 1.48. The van der Waals surface area contributed by atoms with E-state index >= 15 is 0 Å². The molecule has 0 aliphatic carbocycles. The maximum Gasteiger partial charge on any atom is 0.470 e. The van der Waals surface area contributed by atoms with E-state index in [-0.39, 0.29) is 5.89 Å². The van der Waals surface area contributed by atoms with E-state index in [0.29, 0.717) is 13.0 Å². The number of hydrogen-bond acceptors (Lipinski definition) is 4. The Labute approximate surface area is 78.7 Å². The second kappa shape index (κ2) is 3.95. The molecule has 4 nitrogen and oxygen atoms in total. The van der Waals surface area contributed by atoms with Crippen LogP contribution in [0.15, 0.2) is 4.42 Å². The lowest BCUT2D eigenvalue weighted by molar-refractivity contribution is -0.157. The van der Waals surface area contributed by atoms with Crippen LogP contribution >= 0.6 is 0 Å². The summed E-state index contributed by atoms with van der Waals surface area (Å²) in [6, 6.07) is 0. The molecule has 1 heterocycles. The first-order valence-electron chi connectivity index (χ1n) is 3.94. The van der Waals surface area contributed by atoms with Crippen LogP contribution in [0, 0.1) is 0 Å².